The van der Waals surface area contributed by atoms with E-state index in [1.807, 2.05) is 0 Å². The van der Waals surface area contributed by atoms with Gasteiger partial charge < -0.3 is 30.6 Å². The van der Waals surface area contributed by atoms with Crippen LogP contribution in [0.25, 0.3) is 0 Å². The summed E-state index contributed by atoms with van der Waals surface area (Å²) in [5.41, 5.74) is 1.62. The number of benzene rings is 2. The van der Waals surface area contributed by atoms with Crippen LogP contribution in [-0.4, -0.2) is 30.6 Å². The third-order valence-electron chi connectivity index (χ3n) is 8.76. The Morgan fingerprint density at radius 1 is 0.515 bits per heavy atom. The number of hydrogen-bond donors (Lipinski definition) is 6. The molecule has 0 radical (unpaired) electrons. The van der Waals surface area contributed by atoms with Crippen molar-refractivity contribution in [1.82, 2.24) is 0 Å². The van der Waals surface area contributed by atoms with Gasteiger partial charge in [-0.1, -0.05) is 26.0 Å². The third kappa shape index (κ3) is 4.28. The van der Waals surface area contributed by atoms with Crippen LogP contribution in [0.1, 0.15) is 88.2 Å². The van der Waals surface area contributed by atoms with Gasteiger partial charge in [-0.15, -0.1) is 0 Å². The van der Waals surface area contributed by atoms with Crippen LogP contribution in [0.2, 0.25) is 0 Å². The Morgan fingerprint density at radius 3 is 1.18 bits per heavy atom. The van der Waals surface area contributed by atoms with Crippen molar-refractivity contribution in [2.45, 2.75) is 77.0 Å². The summed E-state index contributed by atoms with van der Waals surface area (Å²) in [5, 5.41) is 59.5. The number of aromatic hydroxyl groups is 6. The maximum absolute atomic E-state index is 10.3. The Hall–Kier alpha value is -2.76. The van der Waals surface area contributed by atoms with Crippen molar-refractivity contribution in [3.63, 3.8) is 0 Å². The van der Waals surface area contributed by atoms with Crippen LogP contribution < -0.4 is 0 Å². The first-order valence-electron chi connectivity index (χ1n) is 12.1. The van der Waals surface area contributed by atoms with Crippen LogP contribution in [0.3, 0.4) is 0 Å². The van der Waals surface area contributed by atoms with Crippen LogP contribution in [0.5, 0.6) is 34.5 Å². The lowest BCUT2D eigenvalue weighted by Crippen LogP contribution is -2.36. The van der Waals surface area contributed by atoms with Crippen molar-refractivity contribution >= 4 is 0 Å². The Morgan fingerprint density at radius 2 is 0.848 bits per heavy atom. The summed E-state index contributed by atoms with van der Waals surface area (Å²) in [4.78, 5) is 0. The zero-order valence-corrected chi connectivity index (χ0v) is 19.5. The predicted octanol–water partition coefficient (Wildman–Crippen LogP) is 6.19. The van der Waals surface area contributed by atoms with E-state index < -0.39 is 11.5 Å². The first kappa shape index (κ1) is 23.4. The van der Waals surface area contributed by atoms with Crippen LogP contribution in [-0.2, 0) is 0 Å². The van der Waals surface area contributed by atoms with E-state index in [-0.39, 0.29) is 40.2 Å². The average Bonchev–Trinajstić information content (AvgIpc) is 2.81. The molecule has 0 bridgehead atoms. The summed E-state index contributed by atoms with van der Waals surface area (Å²) >= 11 is 0. The largest absolute Gasteiger partial charge is 0.504 e. The molecule has 2 aromatic carbocycles. The molecule has 0 saturated heterocycles. The fourth-order valence-electron chi connectivity index (χ4n) is 6.46. The van der Waals surface area contributed by atoms with Gasteiger partial charge in [0.1, 0.15) is 0 Å². The molecule has 2 fully saturated rings. The second-order valence-corrected chi connectivity index (χ2v) is 10.7. The molecule has 0 spiro atoms. The van der Waals surface area contributed by atoms with Crippen molar-refractivity contribution in [3.05, 3.63) is 35.4 Å². The molecule has 180 valence electrons. The average molecular weight is 457 g/mol. The molecule has 6 heteroatoms. The van der Waals surface area contributed by atoms with Gasteiger partial charge in [0.15, 0.2) is 23.0 Å². The van der Waals surface area contributed by atoms with E-state index in [1.165, 1.54) is 12.1 Å². The molecule has 0 aliphatic heterocycles. The summed E-state index contributed by atoms with van der Waals surface area (Å²) < 4.78 is 0. The third-order valence-corrected chi connectivity index (χ3v) is 8.76. The minimum Gasteiger partial charge on any atom is -0.504 e. The fourth-order valence-corrected chi connectivity index (χ4v) is 6.46. The van der Waals surface area contributed by atoms with Crippen LogP contribution >= 0.6 is 0 Å². The second-order valence-electron chi connectivity index (χ2n) is 10.7. The summed E-state index contributed by atoms with van der Waals surface area (Å²) in [6.45, 7) is 4.74. The summed E-state index contributed by atoms with van der Waals surface area (Å²) in [5.74, 6) is -0.314. The highest BCUT2D eigenvalue weighted by molar-refractivity contribution is 5.55. The highest BCUT2D eigenvalue weighted by Gasteiger charge is 2.41. The molecular weight excluding hydrogens is 420 g/mol. The smallest absolute Gasteiger partial charge is 0.200 e. The van der Waals surface area contributed by atoms with E-state index in [0.717, 1.165) is 62.5 Å². The first-order valence-corrected chi connectivity index (χ1v) is 12.1. The molecule has 33 heavy (non-hydrogen) atoms. The lowest BCUT2D eigenvalue weighted by atomic mass is 9.58. The zero-order valence-electron chi connectivity index (χ0n) is 19.5. The van der Waals surface area contributed by atoms with E-state index in [9.17, 15) is 30.6 Å². The van der Waals surface area contributed by atoms with Gasteiger partial charge in [0.05, 0.1) is 0 Å². The highest BCUT2D eigenvalue weighted by Crippen LogP contribution is 2.54. The molecule has 0 amide bonds. The van der Waals surface area contributed by atoms with E-state index in [0.29, 0.717) is 11.8 Å². The normalized spacial score (nSPS) is 26.2. The van der Waals surface area contributed by atoms with Crippen LogP contribution in [0.4, 0.5) is 0 Å². The molecule has 4 rings (SSSR count). The Kier molecular flexibility index (Phi) is 6.30. The molecule has 2 aliphatic carbocycles. The lowest BCUT2D eigenvalue weighted by Gasteiger charge is -2.47. The Labute approximate surface area is 195 Å². The number of phenols is 6. The van der Waals surface area contributed by atoms with Crippen molar-refractivity contribution in [1.29, 1.82) is 0 Å². The van der Waals surface area contributed by atoms with Gasteiger partial charge in [-0.25, -0.2) is 0 Å². The van der Waals surface area contributed by atoms with Crippen molar-refractivity contribution in [3.8, 4) is 34.5 Å². The fraction of sp³-hybridized carbons (Fsp3) is 0.556. The second kappa shape index (κ2) is 8.88. The maximum atomic E-state index is 10.3. The topological polar surface area (TPSA) is 121 Å². The maximum Gasteiger partial charge on any atom is 0.200 e. The van der Waals surface area contributed by atoms with Gasteiger partial charge >= 0.3 is 0 Å². The van der Waals surface area contributed by atoms with Gasteiger partial charge in [-0.2, -0.15) is 0 Å². The highest BCUT2D eigenvalue weighted by atomic mass is 16.3. The van der Waals surface area contributed by atoms with E-state index in [2.05, 4.69) is 13.8 Å². The monoisotopic (exact) mass is 456 g/mol. The quantitative estimate of drug-likeness (QED) is 0.305. The standard InChI is InChI=1S/C27H36O6/c1-27(2,17-7-3-15(4-8-17)19-11-13-21(28)25(32)23(19)30)18-9-5-16(6-10-18)20-12-14-22(29)26(33)24(20)31/h11-18,28-33H,3-10H2,1-2H3. The van der Waals surface area contributed by atoms with E-state index in [1.54, 1.807) is 12.1 Å². The van der Waals surface area contributed by atoms with Crippen molar-refractivity contribution < 1.29 is 30.6 Å². The molecule has 0 heterocycles. The Bertz CT molecular complexity index is 919. The molecule has 2 aromatic rings. The summed E-state index contributed by atoms with van der Waals surface area (Å²) in [6.07, 6.45) is 8.03. The van der Waals surface area contributed by atoms with Gasteiger partial charge in [-0.3, -0.25) is 0 Å². The summed E-state index contributed by atoms with van der Waals surface area (Å²) in [7, 11) is 0. The van der Waals surface area contributed by atoms with Gasteiger partial charge in [-0.05, 0) is 92.6 Å². The number of hydrogen-bond acceptors (Lipinski definition) is 6. The van der Waals surface area contributed by atoms with Gasteiger partial charge in [0.2, 0.25) is 11.5 Å². The summed E-state index contributed by atoms with van der Waals surface area (Å²) in [6, 6.07) is 6.34. The van der Waals surface area contributed by atoms with E-state index >= 15 is 0 Å². The number of rotatable bonds is 4. The zero-order chi connectivity index (χ0) is 23.9. The van der Waals surface area contributed by atoms with Crippen LogP contribution in [0, 0.1) is 17.3 Å². The molecule has 6 nitrogen and oxygen atoms in total. The molecule has 2 aliphatic rings. The molecule has 2 saturated carbocycles. The predicted molar refractivity (Wildman–Crippen MR) is 126 cm³/mol. The number of phenolic OH excluding ortho intramolecular Hbond substituents is 6. The van der Waals surface area contributed by atoms with Crippen molar-refractivity contribution in [2.75, 3.05) is 0 Å². The molecule has 0 unspecified atom stereocenters. The van der Waals surface area contributed by atoms with Crippen molar-refractivity contribution in [2.24, 2.45) is 17.3 Å². The van der Waals surface area contributed by atoms with E-state index in [4.69, 9.17) is 0 Å². The molecule has 6 N–H and O–H groups in total. The minimum atomic E-state index is -0.431. The molecule has 0 aromatic heterocycles. The van der Waals surface area contributed by atoms with Crippen LogP contribution in [0.15, 0.2) is 24.3 Å². The first-order chi connectivity index (χ1) is 15.6. The molecule has 0 atom stereocenters. The lowest BCUT2D eigenvalue weighted by molar-refractivity contribution is 0.0510. The van der Waals surface area contributed by atoms with Gasteiger partial charge in [0.25, 0.3) is 0 Å². The Balaban J connectivity index is 1.37. The SMILES string of the molecule is CC(C)(C1CCC(c2ccc(O)c(O)c2O)CC1)C1CCC(c2ccc(O)c(O)c2O)CC1. The van der Waals surface area contributed by atoms with Gasteiger partial charge in [0, 0.05) is 11.1 Å². The molecular formula is C27H36O6. The minimum absolute atomic E-state index is 0.175.